The van der Waals surface area contributed by atoms with Gasteiger partial charge >= 0.3 is 5.97 Å². The molecule has 1 N–H and O–H groups in total. The van der Waals surface area contributed by atoms with Crippen molar-refractivity contribution in [3.05, 3.63) is 56.9 Å². The Kier molecular flexibility index (Phi) is 3.79. The molecule has 2 atom stereocenters. The van der Waals surface area contributed by atoms with E-state index in [4.69, 9.17) is 4.74 Å². The maximum absolute atomic E-state index is 13.3. The van der Waals surface area contributed by atoms with Gasteiger partial charge in [0.1, 0.15) is 6.61 Å². The molecule has 1 saturated carbocycles. The molecular formula is C20H21FN2O4. The zero-order valence-corrected chi connectivity index (χ0v) is 15.5. The van der Waals surface area contributed by atoms with Crippen molar-refractivity contribution in [3.63, 3.8) is 0 Å². The lowest BCUT2D eigenvalue weighted by Crippen LogP contribution is -2.50. The summed E-state index contributed by atoms with van der Waals surface area (Å²) in [4.78, 5) is 29.8. The first-order valence-corrected chi connectivity index (χ1v) is 8.98. The molecule has 0 radical (unpaired) electrons. The lowest BCUT2D eigenvalue weighted by Gasteiger charge is -2.50. The van der Waals surface area contributed by atoms with Crippen LogP contribution in [0.15, 0.2) is 39.5 Å². The van der Waals surface area contributed by atoms with Crippen molar-refractivity contribution in [1.82, 2.24) is 4.57 Å². The van der Waals surface area contributed by atoms with Crippen LogP contribution >= 0.6 is 0 Å². The predicted molar refractivity (Wildman–Crippen MR) is 97.0 cm³/mol. The molecule has 2 bridgehead atoms. The lowest BCUT2D eigenvalue weighted by atomic mass is 9.61. The molecule has 1 aromatic heterocycles. The molecule has 4 heterocycles. The highest BCUT2D eigenvalue weighted by molar-refractivity contribution is 5.85. The normalized spacial score (nSPS) is 32.0. The van der Waals surface area contributed by atoms with Crippen LogP contribution < -0.4 is 5.56 Å². The van der Waals surface area contributed by atoms with Crippen molar-refractivity contribution < 1.29 is 19.0 Å². The van der Waals surface area contributed by atoms with Gasteiger partial charge in [0.25, 0.3) is 5.56 Å². The Bertz CT molecular complexity index is 1000. The molecule has 1 aliphatic carbocycles. The van der Waals surface area contributed by atoms with E-state index in [0.29, 0.717) is 29.7 Å². The number of halogens is 1. The molecule has 0 saturated heterocycles. The molecule has 0 spiro atoms. The number of aliphatic imine (C=N–C) groups is 1. The van der Waals surface area contributed by atoms with Crippen molar-refractivity contribution in [2.24, 2.45) is 10.4 Å². The summed E-state index contributed by atoms with van der Waals surface area (Å²) in [5.41, 5.74) is 0.0890. The number of carbonyl (C=O) groups excluding carboxylic acids is 1. The molecule has 3 aliphatic heterocycles. The van der Waals surface area contributed by atoms with Crippen LogP contribution in [0.25, 0.3) is 0 Å². The smallest absolute Gasteiger partial charge is 0.343 e. The van der Waals surface area contributed by atoms with Crippen molar-refractivity contribution in [2.45, 2.75) is 51.9 Å². The third kappa shape index (κ3) is 2.24. The van der Waals surface area contributed by atoms with Crippen LogP contribution in [-0.4, -0.2) is 21.9 Å². The predicted octanol–water partition coefficient (Wildman–Crippen LogP) is 2.64. The number of rotatable bonds is 2. The molecule has 4 aliphatic rings. The first kappa shape index (κ1) is 17.9. The van der Waals surface area contributed by atoms with Gasteiger partial charge in [-0.3, -0.25) is 9.79 Å². The van der Waals surface area contributed by atoms with E-state index in [9.17, 15) is 19.1 Å². The van der Waals surface area contributed by atoms with Crippen LogP contribution in [0.3, 0.4) is 0 Å². The second kappa shape index (κ2) is 5.73. The Morgan fingerprint density at radius 3 is 2.81 bits per heavy atom. The Balaban J connectivity index is 2.00. The van der Waals surface area contributed by atoms with Crippen molar-refractivity contribution in [1.29, 1.82) is 0 Å². The Morgan fingerprint density at radius 2 is 2.19 bits per heavy atom. The molecule has 1 aromatic rings. The number of cyclic esters (lactones) is 1. The average molecular weight is 372 g/mol. The van der Waals surface area contributed by atoms with Crippen LogP contribution in [0.4, 0.5) is 4.39 Å². The van der Waals surface area contributed by atoms with Crippen molar-refractivity contribution in [3.8, 4) is 0 Å². The van der Waals surface area contributed by atoms with Gasteiger partial charge in [-0.25, -0.2) is 9.18 Å². The average Bonchev–Trinajstić information content (AvgIpc) is 2.62. The first-order chi connectivity index (χ1) is 12.8. The van der Waals surface area contributed by atoms with E-state index in [1.807, 2.05) is 13.8 Å². The Labute approximate surface area is 155 Å². The fourth-order valence-electron chi connectivity index (χ4n) is 4.36. The second-order valence-corrected chi connectivity index (χ2v) is 7.78. The summed E-state index contributed by atoms with van der Waals surface area (Å²) in [6.45, 7) is 5.51. The zero-order chi connectivity index (χ0) is 19.6. The third-order valence-electron chi connectivity index (χ3n) is 6.20. The molecule has 1 fully saturated rings. The third-order valence-corrected chi connectivity index (χ3v) is 6.20. The van der Waals surface area contributed by atoms with E-state index in [-0.39, 0.29) is 35.6 Å². The minimum Gasteiger partial charge on any atom is -0.458 e. The number of carbonyl (C=O) groups is 1. The summed E-state index contributed by atoms with van der Waals surface area (Å²) in [6, 6.07) is 1.52. The Hall–Kier alpha value is -2.54. The number of ether oxygens (including phenoxy) is 1. The van der Waals surface area contributed by atoms with Gasteiger partial charge in [-0.1, -0.05) is 20.8 Å². The fraction of sp³-hybridized carbons (Fsp3) is 0.450. The fourth-order valence-corrected chi connectivity index (χ4v) is 4.36. The molecular weight excluding hydrogens is 351 g/mol. The van der Waals surface area contributed by atoms with Gasteiger partial charge < -0.3 is 14.4 Å². The molecule has 6 nitrogen and oxygen atoms in total. The summed E-state index contributed by atoms with van der Waals surface area (Å²) in [5, 5.41) is 10.8. The molecule has 142 valence electrons. The highest BCUT2D eigenvalue weighted by Gasteiger charge is 2.50. The number of hydrogen-bond donors (Lipinski definition) is 1. The number of nitrogens with zero attached hydrogens (tertiary/aromatic N) is 2. The minimum atomic E-state index is -1.85. The van der Waals surface area contributed by atoms with Gasteiger partial charge in [0.05, 0.1) is 29.5 Å². The highest BCUT2D eigenvalue weighted by atomic mass is 19.1. The summed E-state index contributed by atoms with van der Waals surface area (Å²) in [7, 11) is 0. The number of aliphatic hydroxyl groups is 1. The number of fused-ring (bicyclic) bond motifs is 2. The van der Waals surface area contributed by atoms with Gasteiger partial charge in [0.15, 0.2) is 5.60 Å². The quantitative estimate of drug-likeness (QED) is 0.810. The zero-order valence-electron chi connectivity index (χ0n) is 15.5. The van der Waals surface area contributed by atoms with Gasteiger partial charge in [-0.2, -0.15) is 0 Å². The second-order valence-electron chi connectivity index (χ2n) is 7.78. The van der Waals surface area contributed by atoms with Gasteiger partial charge in [0.2, 0.25) is 0 Å². The first-order valence-electron chi connectivity index (χ1n) is 8.98. The van der Waals surface area contributed by atoms with Gasteiger partial charge in [-0.05, 0) is 30.6 Å². The van der Waals surface area contributed by atoms with Crippen LogP contribution in [0.5, 0.6) is 0 Å². The standard InChI is InChI=1S/C20H21FN2O4/c1-4-20(26)13-7-11-9-22-15(5-6-21)14-8-16(19(14,2)3)23(11)17(24)12(13)10-27-18(20)25/h5-7,9,16,26H,4,8,10H2,1-3H3/b6-5+,15-14+,22-9+/t16?,20-/m0/s1. The van der Waals surface area contributed by atoms with Crippen molar-refractivity contribution >= 4 is 12.2 Å². The summed E-state index contributed by atoms with van der Waals surface area (Å²) >= 11 is 0. The SMILES string of the molecule is CC[C@@]1(O)C(=O)OCc2c1cc1n(c2=O)C2C/C(=C(/C=C/F)\N=C\1)C2(C)C. The van der Waals surface area contributed by atoms with E-state index in [1.54, 1.807) is 17.6 Å². The van der Waals surface area contributed by atoms with Crippen LogP contribution in [-0.2, 0) is 21.7 Å². The molecule has 27 heavy (non-hydrogen) atoms. The van der Waals surface area contributed by atoms with Crippen LogP contribution in [0.2, 0.25) is 0 Å². The largest absolute Gasteiger partial charge is 0.458 e. The van der Waals surface area contributed by atoms with Gasteiger partial charge in [0, 0.05) is 17.0 Å². The number of aromatic nitrogens is 1. The van der Waals surface area contributed by atoms with Crippen LogP contribution in [0.1, 0.15) is 56.5 Å². The van der Waals surface area contributed by atoms with E-state index < -0.39 is 11.6 Å². The van der Waals surface area contributed by atoms with Crippen molar-refractivity contribution in [2.75, 3.05) is 0 Å². The highest BCUT2D eigenvalue weighted by Crippen LogP contribution is 2.56. The summed E-state index contributed by atoms with van der Waals surface area (Å²) < 4.78 is 19.6. The van der Waals surface area contributed by atoms with E-state index in [1.165, 1.54) is 12.3 Å². The minimum absolute atomic E-state index is 0.0910. The molecule has 1 unspecified atom stereocenters. The Morgan fingerprint density at radius 1 is 1.44 bits per heavy atom. The maximum Gasteiger partial charge on any atom is 0.343 e. The van der Waals surface area contributed by atoms with Gasteiger partial charge in [-0.15, -0.1) is 0 Å². The molecule has 0 aromatic carbocycles. The summed E-state index contributed by atoms with van der Waals surface area (Å²) in [6.07, 6.45) is 3.95. The monoisotopic (exact) mass is 372 g/mol. The number of hydrogen-bond acceptors (Lipinski definition) is 5. The maximum atomic E-state index is 13.3. The summed E-state index contributed by atoms with van der Waals surface area (Å²) in [5.74, 6) is -0.753. The number of allylic oxidation sites excluding steroid dienone is 2. The number of esters is 1. The lowest BCUT2D eigenvalue weighted by molar-refractivity contribution is -0.172. The van der Waals surface area contributed by atoms with Crippen LogP contribution in [0, 0.1) is 5.41 Å². The molecule has 0 amide bonds. The molecule has 7 heteroatoms. The van der Waals surface area contributed by atoms with E-state index >= 15 is 0 Å². The van der Waals surface area contributed by atoms with E-state index in [2.05, 4.69) is 4.99 Å². The van der Waals surface area contributed by atoms with E-state index in [0.717, 1.165) is 5.57 Å². The number of pyridine rings is 1. The topological polar surface area (TPSA) is 80.9 Å². The molecule has 5 rings (SSSR count).